The molecule has 1 atom stereocenters. The Kier molecular flexibility index (Phi) is 4.33. The van der Waals surface area contributed by atoms with Gasteiger partial charge in [0, 0.05) is 11.8 Å². The summed E-state index contributed by atoms with van der Waals surface area (Å²) in [4.78, 5) is 11.4. The number of alkyl halides is 2. The van der Waals surface area contributed by atoms with Crippen LogP contribution in [0.2, 0.25) is 0 Å². The number of para-hydroxylation sites is 2. The first-order valence-electron chi connectivity index (χ1n) is 6.77. The van der Waals surface area contributed by atoms with E-state index in [1.165, 1.54) is 12.3 Å². The van der Waals surface area contributed by atoms with Crippen molar-refractivity contribution in [2.24, 2.45) is 0 Å². The smallest absolute Gasteiger partial charge is 0.387 e. The predicted molar refractivity (Wildman–Crippen MR) is 81.8 cm³/mol. The van der Waals surface area contributed by atoms with Crippen LogP contribution in [0.3, 0.4) is 0 Å². The summed E-state index contributed by atoms with van der Waals surface area (Å²) in [5.74, 6) is 0.0955. The number of aromatic nitrogens is 3. The van der Waals surface area contributed by atoms with E-state index in [4.69, 9.17) is 0 Å². The van der Waals surface area contributed by atoms with E-state index in [-0.39, 0.29) is 11.5 Å². The van der Waals surface area contributed by atoms with Crippen LogP contribution >= 0.6 is 0 Å². The number of hydrogen-bond donors (Lipinski definition) is 1. The van der Waals surface area contributed by atoms with Gasteiger partial charge in [-0.2, -0.15) is 8.78 Å². The molecule has 3 aromatic rings. The molecule has 2 heterocycles. The van der Waals surface area contributed by atoms with Crippen molar-refractivity contribution >= 4 is 21.8 Å². The number of halogens is 2. The first-order valence-corrected chi connectivity index (χ1v) is 8.09. The molecular formula is C15H13F2N3O2S. The number of fused-ring (bicyclic) bond motifs is 1. The number of ether oxygens (including phenoxy) is 1. The Morgan fingerprint density at radius 3 is 2.83 bits per heavy atom. The highest BCUT2D eigenvalue weighted by molar-refractivity contribution is 7.84. The van der Waals surface area contributed by atoms with E-state index in [1.54, 1.807) is 6.92 Å². The van der Waals surface area contributed by atoms with Gasteiger partial charge in [-0.15, -0.1) is 0 Å². The Morgan fingerprint density at radius 2 is 2.09 bits per heavy atom. The van der Waals surface area contributed by atoms with Crippen LogP contribution in [0.25, 0.3) is 11.0 Å². The van der Waals surface area contributed by atoms with Crippen LogP contribution in [0.4, 0.5) is 8.78 Å². The number of pyridine rings is 1. The van der Waals surface area contributed by atoms with Gasteiger partial charge in [0.2, 0.25) is 0 Å². The number of aromatic amines is 1. The topological polar surface area (TPSA) is 67.9 Å². The fraction of sp³-hybridized carbons (Fsp3) is 0.200. The van der Waals surface area contributed by atoms with Crippen LogP contribution in [-0.2, 0) is 16.6 Å². The van der Waals surface area contributed by atoms with Crippen LogP contribution in [0.1, 0.15) is 11.3 Å². The maximum atomic E-state index is 12.5. The number of nitrogens with one attached hydrogen (secondary N) is 1. The van der Waals surface area contributed by atoms with Gasteiger partial charge in [0.1, 0.15) is 5.75 Å². The fourth-order valence-electron chi connectivity index (χ4n) is 2.16. The zero-order chi connectivity index (χ0) is 16.4. The van der Waals surface area contributed by atoms with Crippen LogP contribution in [0.15, 0.2) is 41.7 Å². The first kappa shape index (κ1) is 15.5. The molecule has 8 heteroatoms. The average molecular weight is 337 g/mol. The molecule has 0 saturated carbocycles. The van der Waals surface area contributed by atoms with Crippen LogP contribution < -0.4 is 4.74 Å². The maximum Gasteiger partial charge on any atom is 0.387 e. The second-order valence-electron chi connectivity index (χ2n) is 4.81. The van der Waals surface area contributed by atoms with E-state index < -0.39 is 17.4 Å². The molecule has 0 saturated heterocycles. The van der Waals surface area contributed by atoms with E-state index in [0.717, 1.165) is 11.0 Å². The summed E-state index contributed by atoms with van der Waals surface area (Å²) in [6.45, 7) is -1.31. The number of benzene rings is 1. The lowest BCUT2D eigenvalue weighted by Gasteiger charge is -2.10. The third-order valence-corrected chi connectivity index (χ3v) is 4.49. The molecule has 0 aliphatic rings. The lowest BCUT2D eigenvalue weighted by Crippen LogP contribution is -2.07. The number of hydrogen-bond acceptors (Lipinski definition) is 4. The summed E-state index contributed by atoms with van der Waals surface area (Å²) in [5.41, 5.74) is 2.38. The van der Waals surface area contributed by atoms with Crippen LogP contribution in [-0.4, -0.2) is 25.8 Å². The van der Waals surface area contributed by atoms with E-state index >= 15 is 0 Å². The minimum Gasteiger partial charge on any atom is -0.434 e. The molecule has 0 amide bonds. The van der Waals surface area contributed by atoms with Crippen molar-refractivity contribution in [3.8, 4) is 5.75 Å². The normalized spacial score (nSPS) is 12.7. The van der Waals surface area contributed by atoms with Crippen molar-refractivity contribution in [1.82, 2.24) is 15.0 Å². The largest absolute Gasteiger partial charge is 0.434 e. The quantitative estimate of drug-likeness (QED) is 0.776. The van der Waals surface area contributed by atoms with Gasteiger partial charge in [-0.25, -0.2) is 4.98 Å². The molecule has 0 aliphatic heterocycles. The van der Waals surface area contributed by atoms with Gasteiger partial charge >= 0.3 is 6.61 Å². The molecule has 120 valence electrons. The molecule has 1 unspecified atom stereocenters. The second-order valence-corrected chi connectivity index (χ2v) is 6.17. The van der Waals surface area contributed by atoms with Crippen molar-refractivity contribution in [2.75, 3.05) is 0 Å². The van der Waals surface area contributed by atoms with Gasteiger partial charge in [-0.1, -0.05) is 12.1 Å². The van der Waals surface area contributed by atoms with E-state index in [0.29, 0.717) is 16.4 Å². The Bertz CT molecular complexity index is 834. The van der Waals surface area contributed by atoms with Gasteiger partial charge in [0.05, 0.1) is 33.3 Å². The standard InChI is InChI=1S/C15H13F2N3O2S/c1-9-12(18-7-6-13(9)22-14(16)17)8-23(21)15-19-10-4-2-3-5-11(10)20-15/h2-7,14H,8H2,1H3,(H,19,20). The minimum absolute atomic E-state index is 0.0339. The highest BCUT2D eigenvalue weighted by Crippen LogP contribution is 2.23. The zero-order valence-electron chi connectivity index (χ0n) is 12.1. The lowest BCUT2D eigenvalue weighted by atomic mass is 10.2. The van der Waals surface area contributed by atoms with Gasteiger partial charge in [0.25, 0.3) is 0 Å². The van der Waals surface area contributed by atoms with Crippen molar-refractivity contribution in [3.05, 3.63) is 47.8 Å². The highest BCUT2D eigenvalue weighted by Gasteiger charge is 2.16. The predicted octanol–water partition coefficient (Wildman–Crippen LogP) is 3.18. The van der Waals surface area contributed by atoms with E-state index in [2.05, 4.69) is 19.7 Å². The molecule has 0 bridgehead atoms. The summed E-state index contributed by atoms with van der Waals surface area (Å²) in [6.07, 6.45) is 1.36. The molecule has 2 aromatic heterocycles. The minimum atomic E-state index is -2.91. The summed E-state index contributed by atoms with van der Waals surface area (Å²) < 4.78 is 41.6. The first-order chi connectivity index (χ1) is 11.0. The molecule has 1 N–H and O–H groups in total. The van der Waals surface area contributed by atoms with Crippen molar-refractivity contribution in [1.29, 1.82) is 0 Å². The number of rotatable bonds is 5. The van der Waals surface area contributed by atoms with Crippen molar-refractivity contribution in [3.63, 3.8) is 0 Å². The van der Waals surface area contributed by atoms with Crippen molar-refractivity contribution in [2.45, 2.75) is 24.4 Å². The zero-order valence-corrected chi connectivity index (χ0v) is 12.9. The fourth-order valence-corrected chi connectivity index (χ4v) is 3.26. The lowest BCUT2D eigenvalue weighted by molar-refractivity contribution is -0.0503. The second kappa shape index (κ2) is 6.41. The molecule has 0 fully saturated rings. The monoisotopic (exact) mass is 337 g/mol. The highest BCUT2D eigenvalue weighted by atomic mass is 32.2. The van der Waals surface area contributed by atoms with E-state index in [9.17, 15) is 13.0 Å². The molecular weight excluding hydrogens is 324 g/mol. The van der Waals surface area contributed by atoms with Gasteiger partial charge in [0.15, 0.2) is 5.16 Å². The number of imidazole rings is 1. The maximum absolute atomic E-state index is 12.5. The summed E-state index contributed by atoms with van der Waals surface area (Å²) in [7, 11) is -1.47. The van der Waals surface area contributed by atoms with Gasteiger partial charge in [-0.3, -0.25) is 9.19 Å². The van der Waals surface area contributed by atoms with Gasteiger partial charge in [-0.05, 0) is 25.1 Å². The molecule has 0 spiro atoms. The Balaban J connectivity index is 1.85. The average Bonchev–Trinajstić information content (AvgIpc) is 2.95. The SMILES string of the molecule is Cc1c(OC(F)F)ccnc1CS(=O)c1nc2ccccc2[nH]1. The van der Waals surface area contributed by atoms with Crippen LogP contribution in [0, 0.1) is 6.92 Å². The van der Waals surface area contributed by atoms with E-state index in [1.807, 2.05) is 24.3 Å². The third kappa shape index (κ3) is 3.37. The van der Waals surface area contributed by atoms with Crippen LogP contribution in [0.5, 0.6) is 5.75 Å². The molecule has 0 radical (unpaired) electrons. The molecule has 1 aromatic carbocycles. The molecule has 23 heavy (non-hydrogen) atoms. The summed E-state index contributed by atoms with van der Waals surface area (Å²) in [5, 5.41) is 0.326. The Morgan fingerprint density at radius 1 is 1.30 bits per heavy atom. The van der Waals surface area contributed by atoms with Crippen molar-refractivity contribution < 1.29 is 17.7 Å². The third-order valence-electron chi connectivity index (χ3n) is 3.33. The Hall–Kier alpha value is -2.35. The molecule has 3 rings (SSSR count). The number of H-pyrrole nitrogens is 1. The summed E-state index contributed by atoms with van der Waals surface area (Å²) in [6, 6.07) is 8.70. The molecule has 0 aliphatic carbocycles. The Labute approximate surface area is 133 Å². The summed E-state index contributed by atoms with van der Waals surface area (Å²) >= 11 is 0. The number of nitrogens with zero attached hydrogens (tertiary/aromatic N) is 2. The molecule has 5 nitrogen and oxygen atoms in total. The van der Waals surface area contributed by atoms with Gasteiger partial charge < -0.3 is 9.72 Å².